The molecule has 0 aliphatic heterocycles. The quantitative estimate of drug-likeness (QED) is 0.832. The van der Waals surface area contributed by atoms with E-state index in [1.54, 1.807) is 12.1 Å². The summed E-state index contributed by atoms with van der Waals surface area (Å²) in [6.45, 7) is 3.89. The molecule has 0 aromatic heterocycles. The third-order valence-corrected chi connectivity index (χ3v) is 1.64. The van der Waals surface area contributed by atoms with Crippen molar-refractivity contribution in [1.29, 1.82) is 0 Å². The first-order valence-electron chi connectivity index (χ1n) is 4.73. The lowest BCUT2D eigenvalue weighted by atomic mass is 10.3. The minimum absolute atomic E-state index is 0.110. The average molecular weight is 209 g/mol. The fraction of sp³-hybridized carbons (Fsp3) is 0.364. The third-order valence-electron chi connectivity index (χ3n) is 1.64. The van der Waals surface area contributed by atoms with Gasteiger partial charge < -0.3 is 9.47 Å². The largest absolute Gasteiger partial charge is 0.491 e. The van der Waals surface area contributed by atoms with Crippen LogP contribution >= 0.6 is 0 Å². The van der Waals surface area contributed by atoms with Crippen LogP contribution in [0.4, 0.5) is 10.5 Å². The van der Waals surface area contributed by atoms with Crippen LogP contribution in [0.3, 0.4) is 0 Å². The monoisotopic (exact) mass is 209 g/mol. The maximum absolute atomic E-state index is 10.9. The molecule has 15 heavy (non-hydrogen) atoms. The first-order chi connectivity index (χ1) is 7.11. The second kappa shape index (κ2) is 5.24. The molecule has 0 spiro atoms. The van der Waals surface area contributed by atoms with Crippen LogP contribution in [0.15, 0.2) is 24.3 Å². The lowest BCUT2D eigenvalue weighted by Gasteiger charge is -2.10. The lowest BCUT2D eigenvalue weighted by Crippen LogP contribution is -2.11. The Morgan fingerprint density at radius 3 is 2.73 bits per heavy atom. The molecule has 1 amide bonds. The Labute approximate surface area is 89.2 Å². The first-order valence-corrected chi connectivity index (χ1v) is 4.73. The molecule has 0 bridgehead atoms. The SMILES string of the molecule is COC(=O)Nc1cccc(OC(C)C)c1. The van der Waals surface area contributed by atoms with Crippen molar-refractivity contribution in [3.05, 3.63) is 24.3 Å². The van der Waals surface area contributed by atoms with Gasteiger partial charge in [-0.25, -0.2) is 4.79 Å². The van der Waals surface area contributed by atoms with E-state index in [1.165, 1.54) is 7.11 Å². The average Bonchev–Trinajstić information content (AvgIpc) is 2.17. The highest BCUT2D eigenvalue weighted by atomic mass is 16.5. The number of nitrogens with one attached hydrogen (secondary N) is 1. The zero-order valence-electron chi connectivity index (χ0n) is 9.11. The second-order valence-corrected chi connectivity index (χ2v) is 3.31. The molecule has 0 saturated carbocycles. The molecule has 1 aromatic rings. The topological polar surface area (TPSA) is 47.6 Å². The fourth-order valence-corrected chi connectivity index (χ4v) is 1.09. The number of rotatable bonds is 3. The van der Waals surface area contributed by atoms with Gasteiger partial charge in [-0.3, -0.25) is 5.32 Å². The summed E-state index contributed by atoms with van der Waals surface area (Å²) in [6, 6.07) is 7.16. The molecule has 1 aromatic carbocycles. The van der Waals surface area contributed by atoms with Crippen LogP contribution in [0, 0.1) is 0 Å². The normalized spacial score (nSPS) is 9.87. The Morgan fingerprint density at radius 2 is 2.13 bits per heavy atom. The summed E-state index contributed by atoms with van der Waals surface area (Å²) in [4.78, 5) is 10.9. The van der Waals surface area contributed by atoms with Crippen molar-refractivity contribution in [3.63, 3.8) is 0 Å². The summed E-state index contributed by atoms with van der Waals surface area (Å²) in [5.74, 6) is 0.721. The second-order valence-electron chi connectivity index (χ2n) is 3.31. The van der Waals surface area contributed by atoms with Gasteiger partial charge in [0, 0.05) is 11.8 Å². The molecule has 1 rings (SSSR count). The highest BCUT2D eigenvalue weighted by molar-refractivity contribution is 5.84. The Balaban J connectivity index is 2.69. The van der Waals surface area contributed by atoms with E-state index in [4.69, 9.17) is 4.74 Å². The number of carbonyl (C=O) groups excluding carboxylic acids is 1. The predicted octanol–water partition coefficient (Wildman–Crippen LogP) is 2.65. The number of benzene rings is 1. The molecule has 82 valence electrons. The van der Waals surface area contributed by atoms with Gasteiger partial charge in [0.25, 0.3) is 0 Å². The number of hydrogen-bond donors (Lipinski definition) is 1. The van der Waals surface area contributed by atoms with Crippen molar-refractivity contribution < 1.29 is 14.3 Å². The molecule has 0 unspecified atom stereocenters. The van der Waals surface area contributed by atoms with Gasteiger partial charge in [0.05, 0.1) is 13.2 Å². The minimum atomic E-state index is -0.489. The van der Waals surface area contributed by atoms with Crippen molar-refractivity contribution >= 4 is 11.8 Å². The Hall–Kier alpha value is -1.71. The van der Waals surface area contributed by atoms with Gasteiger partial charge in [-0.05, 0) is 26.0 Å². The van der Waals surface area contributed by atoms with Gasteiger partial charge in [0.1, 0.15) is 5.75 Å². The van der Waals surface area contributed by atoms with Crippen LogP contribution in [-0.2, 0) is 4.74 Å². The number of anilines is 1. The van der Waals surface area contributed by atoms with Gasteiger partial charge in [0.15, 0.2) is 0 Å². The summed E-state index contributed by atoms with van der Waals surface area (Å²) in [7, 11) is 1.32. The molecule has 0 saturated heterocycles. The van der Waals surface area contributed by atoms with E-state index in [1.807, 2.05) is 26.0 Å². The van der Waals surface area contributed by atoms with E-state index < -0.39 is 6.09 Å². The van der Waals surface area contributed by atoms with Gasteiger partial charge in [-0.15, -0.1) is 0 Å². The van der Waals surface area contributed by atoms with Crippen LogP contribution in [0.2, 0.25) is 0 Å². The highest BCUT2D eigenvalue weighted by Crippen LogP contribution is 2.18. The number of methoxy groups -OCH3 is 1. The zero-order valence-corrected chi connectivity index (χ0v) is 9.11. The van der Waals surface area contributed by atoms with Crippen LogP contribution in [0.25, 0.3) is 0 Å². The molecule has 0 aliphatic rings. The lowest BCUT2D eigenvalue weighted by molar-refractivity contribution is 0.187. The standard InChI is InChI=1S/C11H15NO3/c1-8(2)15-10-6-4-5-9(7-10)12-11(13)14-3/h4-8H,1-3H3,(H,12,13). The van der Waals surface area contributed by atoms with E-state index in [0.717, 1.165) is 5.75 Å². The first kappa shape index (κ1) is 11.4. The molecule has 0 heterocycles. The molecule has 0 radical (unpaired) electrons. The number of carbonyl (C=O) groups is 1. The predicted molar refractivity (Wildman–Crippen MR) is 58.2 cm³/mol. The van der Waals surface area contributed by atoms with Crippen LogP contribution in [-0.4, -0.2) is 19.3 Å². The molecule has 4 nitrogen and oxygen atoms in total. The van der Waals surface area contributed by atoms with Crippen LogP contribution in [0.1, 0.15) is 13.8 Å². The van der Waals surface area contributed by atoms with Crippen molar-refractivity contribution in [2.24, 2.45) is 0 Å². The number of hydrogen-bond acceptors (Lipinski definition) is 3. The Kier molecular flexibility index (Phi) is 3.97. The van der Waals surface area contributed by atoms with Crippen LogP contribution < -0.4 is 10.1 Å². The minimum Gasteiger partial charge on any atom is -0.491 e. The van der Waals surface area contributed by atoms with E-state index in [-0.39, 0.29) is 6.10 Å². The van der Waals surface area contributed by atoms with E-state index in [0.29, 0.717) is 5.69 Å². The summed E-state index contributed by atoms with van der Waals surface area (Å²) < 4.78 is 9.96. The van der Waals surface area contributed by atoms with Crippen LogP contribution in [0.5, 0.6) is 5.75 Å². The molecule has 0 fully saturated rings. The van der Waals surface area contributed by atoms with Crippen molar-refractivity contribution in [2.75, 3.05) is 12.4 Å². The maximum Gasteiger partial charge on any atom is 0.411 e. The van der Waals surface area contributed by atoms with E-state index in [9.17, 15) is 4.79 Å². The van der Waals surface area contributed by atoms with E-state index >= 15 is 0 Å². The molecule has 0 atom stereocenters. The summed E-state index contributed by atoms with van der Waals surface area (Å²) in [6.07, 6.45) is -0.380. The highest BCUT2D eigenvalue weighted by Gasteiger charge is 2.02. The Morgan fingerprint density at radius 1 is 1.40 bits per heavy atom. The molecule has 1 N–H and O–H groups in total. The van der Waals surface area contributed by atoms with Gasteiger partial charge in [-0.2, -0.15) is 0 Å². The number of amides is 1. The maximum atomic E-state index is 10.9. The molecular formula is C11H15NO3. The van der Waals surface area contributed by atoms with Gasteiger partial charge >= 0.3 is 6.09 Å². The smallest absolute Gasteiger partial charge is 0.411 e. The van der Waals surface area contributed by atoms with Gasteiger partial charge in [-0.1, -0.05) is 6.07 Å². The molecule has 0 aliphatic carbocycles. The summed E-state index contributed by atoms with van der Waals surface area (Å²) in [5, 5.41) is 2.56. The summed E-state index contributed by atoms with van der Waals surface area (Å²) in [5.41, 5.74) is 0.653. The molecular weight excluding hydrogens is 194 g/mol. The third kappa shape index (κ3) is 3.89. The zero-order chi connectivity index (χ0) is 11.3. The summed E-state index contributed by atoms with van der Waals surface area (Å²) >= 11 is 0. The Bertz CT molecular complexity index is 336. The number of ether oxygens (including phenoxy) is 2. The van der Waals surface area contributed by atoms with Gasteiger partial charge in [0.2, 0.25) is 0 Å². The van der Waals surface area contributed by atoms with Crippen molar-refractivity contribution in [1.82, 2.24) is 0 Å². The fourth-order valence-electron chi connectivity index (χ4n) is 1.09. The van der Waals surface area contributed by atoms with Crippen molar-refractivity contribution in [2.45, 2.75) is 20.0 Å². The molecule has 4 heteroatoms. The van der Waals surface area contributed by atoms with E-state index in [2.05, 4.69) is 10.1 Å². The van der Waals surface area contributed by atoms with Crippen molar-refractivity contribution in [3.8, 4) is 5.75 Å².